The minimum absolute atomic E-state index is 0.417. The number of nitrogens with one attached hydrogen (secondary N) is 1. The highest BCUT2D eigenvalue weighted by Gasteiger charge is 1.96. The van der Waals surface area contributed by atoms with Gasteiger partial charge in [0.1, 0.15) is 5.82 Å². The smallest absolute Gasteiger partial charge is 0.151 e. The van der Waals surface area contributed by atoms with Gasteiger partial charge in [-0.2, -0.15) is 11.3 Å². The summed E-state index contributed by atoms with van der Waals surface area (Å²) in [5.74, 6) is 1.08. The molecule has 2 aromatic rings. The van der Waals surface area contributed by atoms with Gasteiger partial charge in [-0.15, -0.1) is 0 Å². The lowest BCUT2D eigenvalue weighted by atomic mass is 10.5. The third kappa shape index (κ3) is 1.94. The van der Waals surface area contributed by atoms with Gasteiger partial charge >= 0.3 is 0 Å². The minimum Gasteiger partial charge on any atom is -0.382 e. The number of nitrogens with zero attached hydrogens (tertiary/aromatic N) is 2. The van der Waals surface area contributed by atoms with Gasteiger partial charge < -0.3 is 11.1 Å². The van der Waals surface area contributed by atoms with E-state index in [-0.39, 0.29) is 0 Å². The van der Waals surface area contributed by atoms with Crippen molar-refractivity contribution < 1.29 is 0 Å². The summed E-state index contributed by atoms with van der Waals surface area (Å²) < 4.78 is 0. The van der Waals surface area contributed by atoms with Crippen molar-refractivity contribution >= 4 is 28.7 Å². The molecule has 2 aromatic heterocycles. The first-order valence-electron chi connectivity index (χ1n) is 3.71. The van der Waals surface area contributed by atoms with Gasteiger partial charge in [-0.1, -0.05) is 0 Å². The molecule has 2 heterocycles. The number of hydrogen-bond donors (Lipinski definition) is 2. The van der Waals surface area contributed by atoms with Crippen LogP contribution in [-0.2, 0) is 0 Å². The Morgan fingerprint density at radius 1 is 1.38 bits per heavy atom. The second-order valence-corrected chi connectivity index (χ2v) is 3.25. The highest BCUT2D eigenvalue weighted by atomic mass is 32.1. The summed E-state index contributed by atoms with van der Waals surface area (Å²) in [5, 5.41) is 7.06. The van der Waals surface area contributed by atoms with E-state index >= 15 is 0 Å². The van der Waals surface area contributed by atoms with E-state index in [1.807, 2.05) is 16.8 Å². The van der Waals surface area contributed by atoms with Crippen LogP contribution in [0.3, 0.4) is 0 Å². The maximum atomic E-state index is 5.48. The molecule has 0 atom stereocenters. The summed E-state index contributed by atoms with van der Waals surface area (Å²) in [5.41, 5.74) is 6.48. The van der Waals surface area contributed by atoms with E-state index < -0.39 is 0 Å². The monoisotopic (exact) mass is 192 g/mol. The largest absolute Gasteiger partial charge is 0.382 e. The molecule has 66 valence electrons. The van der Waals surface area contributed by atoms with Gasteiger partial charge in [0.2, 0.25) is 0 Å². The molecule has 0 unspecified atom stereocenters. The molecule has 3 N–H and O–H groups in total. The van der Waals surface area contributed by atoms with E-state index in [1.54, 1.807) is 17.5 Å². The molecule has 13 heavy (non-hydrogen) atoms. The molecule has 0 amide bonds. The summed E-state index contributed by atoms with van der Waals surface area (Å²) in [6, 6.07) is 1.97. The van der Waals surface area contributed by atoms with Crippen molar-refractivity contribution in [1.82, 2.24) is 9.97 Å². The van der Waals surface area contributed by atoms with Gasteiger partial charge in [0.15, 0.2) is 5.82 Å². The first-order valence-corrected chi connectivity index (χ1v) is 4.65. The van der Waals surface area contributed by atoms with Gasteiger partial charge in [-0.25, -0.2) is 4.98 Å². The molecule has 0 saturated heterocycles. The maximum absolute atomic E-state index is 5.48. The summed E-state index contributed by atoms with van der Waals surface area (Å²) in [6.45, 7) is 0. The fourth-order valence-corrected chi connectivity index (χ4v) is 1.51. The minimum atomic E-state index is 0.417. The van der Waals surface area contributed by atoms with E-state index in [2.05, 4.69) is 15.3 Å². The Morgan fingerprint density at radius 3 is 3.00 bits per heavy atom. The molecule has 0 aliphatic rings. The maximum Gasteiger partial charge on any atom is 0.151 e. The Kier molecular flexibility index (Phi) is 2.09. The summed E-state index contributed by atoms with van der Waals surface area (Å²) >= 11 is 1.62. The zero-order chi connectivity index (χ0) is 9.10. The molecule has 0 aliphatic heterocycles. The molecule has 5 heteroatoms. The molecule has 0 saturated carbocycles. The molecule has 0 aromatic carbocycles. The van der Waals surface area contributed by atoms with Gasteiger partial charge in [0.05, 0.1) is 18.1 Å². The van der Waals surface area contributed by atoms with Crippen LogP contribution in [0.15, 0.2) is 29.2 Å². The van der Waals surface area contributed by atoms with E-state index in [9.17, 15) is 0 Å². The summed E-state index contributed by atoms with van der Waals surface area (Å²) in [6.07, 6.45) is 3.15. The molecule has 2 rings (SSSR count). The van der Waals surface area contributed by atoms with Crippen LogP contribution in [0.2, 0.25) is 0 Å². The number of thiophene rings is 1. The Labute approximate surface area is 79.5 Å². The summed E-state index contributed by atoms with van der Waals surface area (Å²) in [7, 11) is 0. The normalized spacial score (nSPS) is 9.85. The van der Waals surface area contributed by atoms with Gasteiger partial charge in [0.25, 0.3) is 0 Å². The number of nitrogens with two attached hydrogens (primary N) is 1. The second kappa shape index (κ2) is 3.40. The van der Waals surface area contributed by atoms with Crippen molar-refractivity contribution in [2.75, 3.05) is 11.1 Å². The molecule has 0 spiro atoms. The predicted molar refractivity (Wildman–Crippen MR) is 54.0 cm³/mol. The zero-order valence-electron chi connectivity index (χ0n) is 6.77. The van der Waals surface area contributed by atoms with Crippen molar-refractivity contribution in [3.05, 3.63) is 29.2 Å². The topological polar surface area (TPSA) is 63.8 Å². The van der Waals surface area contributed by atoms with Gasteiger partial charge in [-0.3, -0.25) is 4.98 Å². The van der Waals surface area contributed by atoms with Crippen LogP contribution in [0.25, 0.3) is 0 Å². The lowest BCUT2D eigenvalue weighted by molar-refractivity contribution is 1.21. The van der Waals surface area contributed by atoms with Crippen LogP contribution in [0, 0.1) is 0 Å². The van der Waals surface area contributed by atoms with Crippen LogP contribution in [-0.4, -0.2) is 9.97 Å². The zero-order valence-corrected chi connectivity index (χ0v) is 7.58. The third-order valence-electron chi connectivity index (χ3n) is 1.45. The fourth-order valence-electron chi connectivity index (χ4n) is 0.925. The molecule has 0 bridgehead atoms. The van der Waals surface area contributed by atoms with Crippen LogP contribution >= 0.6 is 11.3 Å². The van der Waals surface area contributed by atoms with E-state index in [4.69, 9.17) is 5.73 Å². The molecule has 0 aliphatic carbocycles. The molecule has 0 fully saturated rings. The Morgan fingerprint density at radius 2 is 2.31 bits per heavy atom. The highest BCUT2D eigenvalue weighted by Crippen LogP contribution is 2.16. The fraction of sp³-hybridized carbons (Fsp3) is 0. The van der Waals surface area contributed by atoms with Crippen molar-refractivity contribution in [2.24, 2.45) is 0 Å². The van der Waals surface area contributed by atoms with Gasteiger partial charge in [-0.05, 0) is 11.4 Å². The average Bonchev–Trinajstić information content (AvgIpc) is 2.57. The molecule has 0 radical (unpaired) electrons. The standard InChI is InChI=1S/C8H8N4S/c9-7-3-10-4-8(12-7)11-6-1-2-13-5-6/h1-5H,(H3,9,11,12). The van der Waals surface area contributed by atoms with Crippen molar-refractivity contribution in [2.45, 2.75) is 0 Å². The summed E-state index contributed by atoms with van der Waals surface area (Å²) in [4.78, 5) is 7.98. The lowest BCUT2D eigenvalue weighted by Crippen LogP contribution is -1.97. The number of anilines is 3. The number of hydrogen-bond acceptors (Lipinski definition) is 5. The Hall–Kier alpha value is -1.62. The van der Waals surface area contributed by atoms with E-state index in [0.29, 0.717) is 11.6 Å². The first kappa shape index (κ1) is 8.00. The quantitative estimate of drug-likeness (QED) is 0.762. The number of nitrogen functional groups attached to an aromatic ring is 1. The van der Waals surface area contributed by atoms with Crippen LogP contribution < -0.4 is 11.1 Å². The SMILES string of the molecule is Nc1cncc(Nc2ccsc2)n1. The lowest BCUT2D eigenvalue weighted by Gasteiger charge is -2.01. The third-order valence-corrected chi connectivity index (χ3v) is 2.13. The van der Waals surface area contributed by atoms with Crippen molar-refractivity contribution in [1.29, 1.82) is 0 Å². The van der Waals surface area contributed by atoms with Crippen LogP contribution in [0.5, 0.6) is 0 Å². The van der Waals surface area contributed by atoms with Crippen molar-refractivity contribution in [3.8, 4) is 0 Å². The van der Waals surface area contributed by atoms with Crippen LogP contribution in [0.1, 0.15) is 0 Å². The van der Waals surface area contributed by atoms with Crippen LogP contribution in [0.4, 0.5) is 17.3 Å². The highest BCUT2D eigenvalue weighted by molar-refractivity contribution is 7.08. The Balaban J connectivity index is 2.19. The second-order valence-electron chi connectivity index (χ2n) is 2.47. The Bertz CT molecular complexity index is 385. The molecular formula is C8H8N4S. The molecule has 4 nitrogen and oxygen atoms in total. The first-order chi connectivity index (χ1) is 6.34. The van der Waals surface area contributed by atoms with E-state index in [1.165, 1.54) is 6.20 Å². The average molecular weight is 192 g/mol. The number of rotatable bonds is 2. The molecular weight excluding hydrogens is 184 g/mol. The van der Waals surface area contributed by atoms with Crippen molar-refractivity contribution in [3.63, 3.8) is 0 Å². The number of aromatic nitrogens is 2. The van der Waals surface area contributed by atoms with E-state index in [0.717, 1.165) is 5.69 Å². The van der Waals surface area contributed by atoms with Gasteiger partial charge in [0, 0.05) is 5.38 Å². The predicted octanol–water partition coefficient (Wildman–Crippen LogP) is 1.86.